The van der Waals surface area contributed by atoms with Crippen molar-refractivity contribution in [2.75, 3.05) is 6.61 Å². The summed E-state index contributed by atoms with van der Waals surface area (Å²) in [6.45, 7) is 1.84. The van der Waals surface area contributed by atoms with Crippen LogP contribution in [-0.4, -0.2) is 28.9 Å². The van der Waals surface area contributed by atoms with E-state index in [4.69, 9.17) is 16.3 Å². The minimum Gasteiger partial charge on any atom is -0.447 e. The summed E-state index contributed by atoms with van der Waals surface area (Å²) >= 11 is 5.44. The van der Waals surface area contributed by atoms with E-state index in [1.165, 1.54) is 4.90 Å². The van der Waals surface area contributed by atoms with Crippen molar-refractivity contribution >= 4 is 22.9 Å². The van der Waals surface area contributed by atoms with Crippen molar-refractivity contribution in [2.24, 2.45) is 0 Å². The summed E-state index contributed by atoms with van der Waals surface area (Å²) in [5.74, 6) is 0. The Balaban J connectivity index is 2.28. The molecule has 2 unspecified atom stereocenters. The topological polar surface area (TPSA) is 46.6 Å². The van der Waals surface area contributed by atoms with Gasteiger partial charge in [-0.25, -0.2) is 4.79 Å². The van der Waals surface area contributed by atoms with Gasteiger partial charge in [0.2, 0.25) is 5.24 Å². The highest BCUT2D eigenvalue weighted by Crippen LogP contribution is 2.30. The van der Waals surface area contributed by atoms with Gasteiger partial charge in [0, 0.05) is 0 Å². The van der Waals surface area contributed by atoms with Gasteiger partial charge >= 0.3 is 6.09 Å². The summed E-state index contributed by atoms with van der Waals surface area (Å²) in [5.41, 5.74) is 0.933. The molecule has 0 spiro atoms. The molecule has 2 rings (SSSR count). The number of carbonyl (C=O) groups is 2. The van der Waals surface area contributed by atoms with Crippen LogP contribution in [0, 0.1) is 0 Å². The molecular weight excluding hydrogens is 242 g/mol. The van der Waals surface area contributed by atoms with Crippen molar-refractivity contribution in [1.82, 2.24) is 4.90 Å². The molecule has 1 aromatic rings. The zero-order valence-corrected chi connectivity index (χ0v) is 10.1. The summed E-state index contributed by atoms with van der Waals surface area (Å²) < 4.78 is 4.98. The molecule has 17 heavy (non-hydrogen) atoms. The number of carbonyl (C=O) groups excluding carboxylic acids is 2. The van der Waals surface area contributed by atoms with Crippen LogP contribution in [-0.2, 0) is 9.53 Å². The predicted molar refractivity (Wildman–Crippen MR) is 62.7 cm³/mol. The highest BCUT2D eigenvalue weighted by atomic mass is 35.5. The van der Waals surface area contributed by atoms with E-state index in [0.717, 1.165) is 5.56 Å². The minimum atomic E-state index is -0.683. The van der Waals surface area contributed by atoms with Crippen LogP contribution in [0.3, 0.4) is 0 Å². The Kier molecular flexibility index (Phi) is 3.33. The Morgan fingerprint density at radius 1 is 1.47 bits per heavy atom. The number of ether oxygens (including phenoxy) is 1. The lowest BCUT2D eigenvalue weighted by Gasteiger charge is -2.25. The van der Waals surface area contributed by atoms with Crippen molar-refractivity contribution < 1.29 is 14.3 Å². The lowest BCUT2D eigenvalue weighted by Crippen LogP contribution is -2.39. The highest BCUT2D eigenvalue weighted by Gasteiger charge is 2.39. The van der Waals surface area contributed by atoms with Crippen LogP contribution in [0.1, 0.15) is 18.5 Å². The van der Waals surface area contributed by atoms with Crippen molar-refractivity contribution in [3.63, 3.8) is 0 Å². The first-order chi connectivity index (χ1) is 8.11. The molecule has 1 amide bonds. The van der Waals surface area contributed by atoms with E-state index in [2.05, 4.69) is 0 Å². The van der Waals surface area contributed by atoms with Crippen LogP contribution in [0.25, 0.3) is 0 Å². The summed E-state index contributed by atoms with van der Waals surface area (Å²) in [7, 11) is 0. The molecule has 1 aliphatic heterocycles. The lowest BCUT2D eigenvalue weighted by molar-refractivity contribution is -0.115. The van der Waals surface area contributed by atoms with Gasteiger partial charge in [-0.2, -0.15) is 0 Å². The fourth-order valence-corrected chi connectivity index (χ4v) is 2.01. The van der Waals surface area contributed by atoms with Crippen molar-refractivity contribution in [2.45, 2.75) is 19.0 Å². The summed E-state index contributed by atoms with van der Waals surface area (Å²) in [6.07, 6.45) is -0.500. The monoisotopic (exact) mass is 253 g/mol. The zero-order valence-electron chi connectivity index (χ0n) is 9.30. The van der Waals surface area contributed by atoms with Crippen LogP contribution in [0.4, 0.5) is 4.79 Å². The molecule has 0 N–H and O–H groups in total. The van der Waals surface area contributed by atoms with E-state index in [1.807, 2.05) is 30.3 Å². The van der Waals surface area contributed by atoms with Crippen LogP contribution in [0.15, 0.2) is 30.3 Å². The van der Waals surface area contributed by atoms with Crippen molar-refractivity contribution in [1.29, 1.82) is 0 Å². The smallest absolute Gasteiger partial charge is 0.411 e. The predicted octanol–water partition coefficient (Wildman–Crippen LogP) is 2.33. The van der Waals surface area contributed by atoms with Gasteiger partial charge in [-0.1, -0.05) is 30.3 Å². The van der Waals surface area contributed by atoms with Crippen LogP contribution in [0.5, 0.6) is 0 Å². The fourth-order valence-electron chi connectivity index (χ4n) is 1.90. The van der Waals surface area contributed by atoms with Crippen molar-refractivity contribution in [3.8, 4) is 0 Å². The Bertz CT molecular complexity index is 435. The number of cyclic esters (lactones) is 1. The Morgan fingerprint density at radius 3 is 2.71 bits per heavy atom. The maximum absolute atomic E-state index is 11.6. The van der Waals surface area contributed by atoms with E-state index in [0.29, 0.717) is 0 Å². The third-order valence-corrected chi connectivity index (χ3v) is 3.16. The normalized spacial score (nSPS) is 21.2. The standard InChI is InChI=1S/C12H12ClNO3/c1-8(11(13)15)14-10(7-17-12(14)16)9-5-3-2-4-6-9/h2-6,8,10H,7H2,1H3. The number of amides is 1. The average molecular weight is 254 g/mol. The Morgan fingerprint density at radius 2 is 2.12 bits per heavy atom. The maximum atomic E-state index is 11.6. The second-order valence-corrected chi connectivity index (χ2v) is 4.26. The van der Waals surface area contributed by atoms with E-state index in [1.54, 1.807) is 6.92 Å². The Hall–Kier alpha value is -1.55. The van der Waals surface area contributed by atoms with Crippen molar-refractivity contribution in [3.05, 3.63) is 35.9 Å². The largest absolute Gasteiger partial charge is 0.447 e. The summed E-state index contributed by atoms with van der Waals surface area (Å²) in [5, 5.41) is -0.565. The molecule has 0 radical (unpaired) electrons. The molecule has 0 aliphatic carbocycles. The molecule has 1 aromatic carbocycles. The molecule has 4 nitrogen and oxygen atoms in total. The van der Waals surface area contributed by atoms with Gasteiger partial charge in [-0.3, -0.25) is 9.69 Å². The molecule has 1 saturated heterocycles. The number of halogens is 1. The fraction of sp³-hybridized carbons (Fsp3) is 0.333. The first-order valence-electron chi connectivity index (χ1n) is 5.30. The van der Waals surface area contributed by atoms with Gasteiger partial charge in [0.25, 0.3) is 0 Å². The number of benzene rings is 1. The van der Waals surface area contributed by atoms with E-state index in [-0.39, 0.29) is 12.6 Å². The SMILES string of the molecule is CC(C(=O)Cl)N1C(=O)OCC1c1ccccc1. The molecule has 2 atom stereocenters. The number of nitrogens with zero attached hydrogens (tertiary/aromatic N) is 1. The van der Waals surface area contributed by atoms with Gasteiger partial charge in [0.05, 0.1) is 6.04 Å². The second kappa shape index (κ2) is 4.75. The zero-order chi connectivity index (χ0) is 12.4. The first-order valence-corrected chi connectivity index (χ1v) is 5.68. The quantitative estimate of drug-likeness (QED) is 0.777. The Labute approximate surface area is 104 Å². The van der Waals surface area contributed by atoms with Gasteiger partial charge in [-0.15, -0.1) is 0 Å². The van der Waals surface area contributed by atoms with Gasteiger partial charge < -0.3 is 4.74 Å². The van der Waals surface area contributed by atoms with Crippen LogP contribution < -0.4 is 0 Å². The van der Waals surface area contributed by atoms with Gasteiger partial charge in [-0.05, 0) is 24.1 Å². The number of rotatable bonds is 3. The molecule has 1 fully saturated rings. The van der Waals surface area contributed by atoms with Gasteiger partial charge in [0.15, 0.2) is 0 Å². The molecule has 1 aliphatic rings. The van der Waals surface area contributed by atoms with Crippen LogP contribution >= 0.6 is 11.6 Å². The molecule has 5 heteroatoms. The first kappa shape index (κ1) is 11.9. The molecule has 0 saturated carbocycles. The van der Waals surface area contributed by atoms with E-state index >= 15 is 0 Å². The highest BCUT2D eigenvalue weighted by molar-refractivity contribution is 6.64. The van der Waals surface area contributed by atoms with E-state index in [9.17, 15) is 9.59 Å². The lowest BCUT2D eigenvalue weighted by atomic mass is 10.1. The third-order valence-electron chi connectivity index (χ3n) is 2.84. The summed E-state index contributed by atoms with van der Waals surface area (Å²) in [4.78, 5) is 24.1. The summed E-state index contributed by atoms with van der Waals surface area (Å²) in [6, 6.07) is 8.50. The molecular formula is C12H12ClNO3. The molecule has 1 heterocycles. The van der Waals surface area contributed by atoms with Crippen LogP contribution in [0.2, 0.25) is 0 Å². The van der Waals surface area contributed by atoms with Gasteiger partial charge in [0.1, 0.15) is 12.6 Å². The second-order valence-electron chi connectivity index (χ2n) is 3.89. The average Bonchev–Trinajstić information content (AvgIpc) is 2.71. The molecule has 0 bridgehead atoms. The third kappa shape index (κ3) is 2.26. The maximum Gasteiger partial charge on any atom is 0.411 e. The van der Waals surface area contributed by atoms with E-state index < -0.39 is 17.4 Å². The molecule has 0 aromatic heterocycles. The number of hydrogen-bond acceptors (Lipinski definition) is 3. The minimum absolute atomic E-state index is 0.247. The molecule has 90 valence electrons. The number of hydrogen-bond donors (Lipinski definition) is 0.